The minimum absolute atomic E-state index is 0.164. The maximum atomic E-state index is 12.4. The van der Waals surface area contributed by atoms with E-state index in [2.05, 4.69) is 21.2 Å². The Kier molecular flexibility index (Phi) is 3.96. The first-order chi connectivity index (χ1) is 8.99. The van der Waals surface area contributed by atoms with Crippen molar-refractivity contribution in [3.63, 3.8) is 0 Å². The standard InChI is InChI=1S/C13H12BrClN2O2/c1-13(9-4-2-5-10(14)8-9)11(18)17(7-3-6-15)12(19)16-13/h2-6,8H,7H2,1H3,(H,16,19)/b6-3+. The number of hydrogen-bond donors (Lipinski definition) is 1. The molecule has 4 nitrogen and oxygen atoms in total. The highest BCUT2D eigenvalue weighted by Crippen LogP contribution is 2.30. The topological polar surface area (TPSA) is 49.4 Å². The first kappa shape index (κ1) is 14.1. The Morgan fingerprint density at radius 1 is 1.47 bits per heavy atom. The Morgan fingerprint density at radius 3 is 2.84 bits per heavy atom. The monoisotopic (exact) mass is 342 g/mol. The van der Waals surface area contributed by atoms with E-state index in [-0.39, 0.29) is 12.5 Å². The van der Waals surface area contributed by atoms with Gasteiger partial charge in [0.1, 0.15) is 5.54 Å². The normalized spacial score (nSPS) is 23.2. The molecule has 6 heteroatoms. The van der Waals surface area contributed by atoms with E-state index >= 15 is 0 Å². The van der Waals surface area contributed by atoms with Gasteiger partial charge in [-0.25, -0.2) is 4.79 Å². The Morgan fingerprint density at radius 2 is 2.21 bits per heavy atom. The molecule has 0 saturated carbocycles. The van der Waals surface area contributed by atoms with Crippen molar-refractivity contribution in [1.29, 1.82) is 0 Å². The molecule has 2 rings (SSSR count). The molecule has 1 aromatic rings. The Labute approximate surface area is 124 Å². The number of hydrogen-bond acceptors (Lipinski definition) is 2. The van der Waals surface area contributed by atoms with Crippen LogP contribution in [0.5, 0.6) is 0 Å². The van der Waals surface area contributed by atoms with Crippen LogP contribution in [0.4, 0.5) is 4.79 Å². The lowest BCUT2D eigenvalue weighted by Gasteiger charge is -2.22. The van der Waals surface area contributed by atoms with Crippen LogP contribution in [-0.2, 0) is 10.3 Å². The fourth-order valence-corrected chi connectivity index (χ4v) is 2.48. The molecule has 1 heterocycles. The molecule has 1 N–H and O–H groups in total. The third-order valence-corrected chi connectivity index (χ3v) is 3.73. The number of rotatable bonds is 3. The number of halogens is 2. The van der Waals surface area contributed by atoms with Gasteiger partial charge in [0.2, 0.25) is 0 Å². The van der Waals surface area contributed by atoms with E-state index in [9.17, 15) is 9.59 Å². The van der Waals surface area contributed by atoms with Gasteiger partial charge in [0.25, 0.3) is 5.91 Å². The number of imide groups is 1. The molecule has 1 aliphatic rings. The van der Waals surface area contributed by atoms with Crippen molar-refractivity contribution in [2.24, 2.45) is 0 Å². The Bertz CT molecular complexity index is 561. The fourth-order valence-electron chi connectivity index (χ4n) is 2.00. The second-order valence-corrected chi connectivity index (χ2v) is 5.51. The zero-order valence-corrected chi connectivity index (χ0v) is 12.5. The zero-order valence-electron chi connectivity index (χ0n) is 10.2. The van der Waals surface area contributed by atoms with E-state index in [4.69, 9.17) is 11.6 Å². The van der Waals surface area contributed by atoms with E-state index < -0.39 is 11.6 Å². The lowest BCUT2D eigenvalue weighted by molar-refractivity contribution is -0.130. The van der Waals surface area contributed by atoms with Gasteiger partial charge in [-0.3, -0.25) is 9.69 Å². The number of benzene rings is 1. The molecule has 0 bridgehead atoms. The second kappa shape index (κ2) is 5.35. The highest BCUT2D eigenvalue weighted by molar-refractivity contribution is 9.10. The summed E-state index contributed by atoms with van der Waals surface area (Å²) >= 11 is 8.79. The van der Waals surface area contributed by atoms with Crippen LogP contribution in [0.2, 0.25) is 0 Å². The molecular weight excluding hydrogens is 332 g/mol. The minimum Gasteiger partial charge on any atom is -0.319 e. The van der Waals surface area contributed by atoms with Crippen LogP contribution >= 0.6 is 27.5 Å². The summed E-state index contributed by atoms with van der Waals surface area (Å²) in [5, 5.41) is 2.72. The molecule has 100 valence electrons. The van der Waals surface area contributed by atoms with Gasteiger partial charge in [-0.2, -0.15) is 0 Å². The van der Waals surface area contributed by atoms with Crippen LogP contribution in [0.1, 0.15) is 12.5 Å². The summed E-state index contributed by atoms with van der Waals surface area (Å²) in [6.07, 6.45) is 1.55. The average Bonchev–Trinajstić information content (AvgIpc) is 2.59. The van der Waals surface area contributed by atoms with Gasteiger partial charge < -0.3 is 5.32 Å². The number of nitrogens with zero attached hydrogens (tertiary/aromatic N) is 1. The molecule has 1 unspecified atom stereocenters. The highest BCUT2D eigenvalue weighted by Gasteiger charge is 2.48. The van der Waals surface area contributed by atoms with Crippen molar-refractivity contribution in [2.45, 2.75) is 12.5 Å². The summed E-state index contributed by atoms with van der Waals surface area (Å²) in [6, 6.07) is 6.90. The van der Waals surface area contributed by atoms with Crippen LogP contribution < -0.4 is 5.32 Å². The number of nitrogens with one attached hydrogen (secondary N) is 1. The molecular formula is C13H12BrClN2O2. The predicted molar refractivity (Wildman–Crippen MR) is 76.7 cm³/mol. The number of amides is 3. The van der Waals surface area contributed by atoms with Gasteiger partial charge in [-0.15, -0.1) is 0 Å². The maximum Gasteiger partial charge on any atom is 0.325 e. The van der Waals surface area contributed by atoms with Crippen LogP contribution in [0.15, 0.2) is 40.3 Å². The minimum atomic E-state index is -1.04. The van der Waals surface area contributed by atoms with Gasteiger partial charge in [0.15, 0.2) is 0 Å². The van der Waals surface area contributed by atoms with Gasteiger partial charge in [0.05, 0.1) is 0 Å². The largest absolute Gasteiger partial charge is 0.325 e. The predicted octanol–water partition coefficient (Wildman–Crippen LogP) is 2.97. The fraction of sp³-hybridized carbons (Fsp3) is 0.231. The van der Waals surface area contributed by atoms with E-state index in [0.717, 1.165) is 14.9 Å². The van der Waals surface area contributed by atoms with E-state index in [1.54, 1.807) is 13.0 Å². The quantitative estimate of drug-likeness (QED) is 0.858. The van der Waals surface area contributed by atoms with Crippen molar-refractivity contribution >= 4 is 39.5 Å². The molecule has 19 heavy (non-hydrogen) atoms. The summed E-state index contributed by atoms with van der Waals surface area (Å²) in [6.45, 7) is 1.86. The molecule has 0 aromatic heterocycles. The van der Waals surface area contributed by atoms with Gasteiger partial charge in [0, 0.05) is 16.6 Å². The highest BCUT2D eigenvalue weighted by atomic mass is 79.9. The molecule has 1 aliphatic heterocycles. The first-order valence-corrected chi connectivity index (χ1v) is 6.87. The van der Waals surface area contributed by atoms with E-state index in [0.29, 0.717) is 0 Å². The number of carbonyl (C=O) groups is 2. The maximum absolute atomic E-state index is 12.4. The molecule has 0 spiro atoms. The van der Waals surface area contributed by atoms with Crippen molar-refractivity contribution < 1.29 is 9.59 Å². The summed E-state index contributed by atoms with van der Waals surface area (Å²) in [7, 11) is 0. The number of carbonyl (C=O) groups excluding carboxylic acids is 2. The van der Waals surface area contributed by atoms with Crippen LogP contribution in [0, 0.1) is 0 Å². The lowest BCUT2D eigenvalue weighted by Crippen LogP contribution is -2.40. The molecule has 3 amide bonds. The molecule has 1 saturated heterocycles. The molecule has 0 aliphatic carbocycles. The molecule has 0 radical (unpaired) electrons. The Balaban J connectivity index is 2.35. The van der Waals surface area contributed by atoms with Crippen molar-refractivity contribution in [3.8, 4) is 0 Å². The summed E-state index contributed by atoms with van der Waals surface area (Å²) < 4.78 is 0.854. The Hall–Kier alpha value is -1.33. The van der Waals surface area contributed by atoms with Gasteiger partial charge >= 0.3 is 6.03 Å². The summed E-state index contributed by atoms with van der Waals surface area (Å²) in [5.74, 6) is -0.287. The van der Waals surface area contributed by atoms with Crippen molar-refractivity contribution in [3.05, 3.63) is 45.9 Å². The van der Waals surface area contributed by atoms with E-state index in [1.807, 2.05) is 24.3 Å². The smallest absolute Gasteiger partial charge is 0.319 e. The van der Waals surface area contributed by atoms with Gasteiger partial charge in [-0.05, 0) is 24.6 Å². The average molecular weight is 344 g/mol. The van der Waals surface area contributed by atoms with Crippen LogP contribution in [0.3, 0.4) is 0 Å². The third kappa shape index (κ3) is 2.53. The van der Waals surface area contributed by atoms with Crippen molar-refractivity contribution in [2.75, 3.05) is 6.54 Å². The molecule has 1 atom stereocenters. The number of urea groups is 1. The van der Waals surface area contributed by atoms with Crippen LogP contribution in [-0.4, -0.2) is 23.4 Å². The van der Waals surface area contributed by atoms with E-state index in [1.165, 1.54) is 5.54 Å². The molecule has 1 fully saturated rings. The van der Waals surface area contributed by atoms with Gasteiger partial charge in [-0.1, -0.05) is 45.7 Å². The van der Waals surface area contributed by atoms with Crippen molar-refractivity contribution in [1.82, 2.24) is 10.2 Å². The SMILES string of the molecule is CC1(c2cccc(Br)c2)NC(=O)N(C/C=C/Cl)C1=O. The lowest BCUT2D eigenvalue weighted by atomic mass is 9.92. The zero-order chi connectivity index (χ0) is 14.0. The summed E-state index contributed by atoms with van der Waals surface area (Å²) in [5.41, 5.74) is 0.980. The summed E-state index contributed by atoms with van der Waals surface area (Å²) in [4.78, 5) is 25.4. The first-order valence-electron chi connectivity index (χ1n) is 5.64. The second-order valence-electron chi connectivity index (χ2n) is 4.34. The van der Waals surface area contributed by atoms with Crippen LogP contribution in [0.25, 0.3) is 0 Å². The molecule has 1 aromatic carbocycles. The third-order valence-electron chi connectivity index (χ3n) is 3.05.